The number of likely N-dealkylation sites (N-methyl/N-ethyl adjacent to an activating group) is 1. The molecule has 0 aromatic heterocycles. The zero-order chi connectivity index (χ0) is 13.9. The second-order valence-corrected chi connectivity index (χ2v) is 6.51. The summed E-state index contributed by atoms with van der Waals surface area (Å²) in [5.74, 6) is 0.595. The van der Waals surface area contributed by atoms with E-state index < -0.39 is 0 Å². The van der Waals surface area contributed by atoms with E-state index in [4.69, 9.17) is 9.47 Å². The zero-order valence-corrected chi connectivity index (χ0v) is 12.3. The van der Waals surface area contributed by atoms with Gasteiger partial charge in [0.1, 0.15) is 6.61 Å². The number of amides is 1. The van der Waals surface area contributed by atoms with Gasteiger partial charge in [-0.15, -0.1) is 0 Å². The third-order valence-electron chi connectivity index (χ3n) is 4.99. The van der Waals surface area contributed by atoms with Crippen molar-refractivity contribution in [3.05, 3.63) is 0 Å². The number of carbonyl (C=O) groups excluding carboxylic acids is 1. The number of piperidine rings is 1. The average Bonchev–Trinajstić information content (AvgIpc) is 3.07. The number of fused-ring (bicyclic) bond motifs is 2. The molecule has 3 fully saturated rings. The molecule has 0 saturated carbocycles. The van der Waals surface area contributed by atoms with Crippen molar-refractivity contribution in [1.82, 2.24) is 10.2 Å². The highest BCUT2D eigenvalue weighted by atomic mass is 16.5. The molecular weight excluding hydrogens is 256 g/mol. The molecule has 3 rings (SSSR count). The van der Waals surface area contributed by atoms with Crippen LogP contribution < -0.4 is 5.32 Å². The van der Waals surface area contributed by atoms with E-state index >= 15 is 0 Å². The van der Waals surface area contributed by atoms with E-state index in [2.05, 4.69) is 5.32 Å². The van der Waals surface area contributed by atoms with Gasteiger partial charge in [0.05, 0.1) is 13.2 Å². The number of ether oxygens (including phenoxy) is 2. The van der Waals surface area contributed by atoms with Gasteiger partial charge in [-0.25, -0.2) is 0 Å². The van der Waals surface area contributed by atoms with Crippen LogP contribution in [0.25, 0.3) is 0 Å². The Kier molecular flexibility index (Phi) is 4.58. The number of nitrogens with one attached hydrogen (secondary N) is 1. The minimum Gasteiger partial charge on any atom is -0.381 e. The van der Waals surface area contributed by atoms with Crippen LogP contribution in [-0.4, -0.2) is 62.4 Å². The lowest BCUT2D eigenvalue weighted by atomic mass is 9.98. The van der Waals surface area contributed by atoms with Gasteiger partial charge in [0.15, 0.2) is 0 Å². The van der Waals surface area contributed by atoms with Gasteiger partial charge in [-0.1, -0.05) is 0 Å². The number of nitrogens with zero attached hydrogens (tertiary/aromatic N) is 1. The Labute approximate surface area is 121 Å². The molecule has 114 valence electrons. The molecule has 5 nitrogen and oxygen atoms in total. The van der Waals surface area contributed by atoms with Crippen molar-refractivity contribution >= 4 is 5.91 Å². The predicted octanol–water partition coefficient (Wildman–Crippen LogP) is 0.781. The third kappa shape index (κ3) is 3.32. The summed E-state index contributed by atoms with van der Waals surface area (Å²) in [4.78, 5) is 14.1. The van der Waals surface area contributed by atoms with Gasteiger partial charge in [-0.2, -0.15) is 0 Å². The first-order valence-electron chi connectivity index (χ1n) is 7.89. The van der Waals surface area contributed by atoms with Crippen LogP contribution in [-0.2, 0) is 14.3 Å². The van der Waals surface area contributed by atoms with Crippen molar-refractivity contribution in [2.45, 2.75) is 50.2 Å². The summed E-state index contributed by atoms with van der Waals surface area (Å²) in [5.41, 5.74) is 0. The Balaban J connectivity index is 1.39. The number of hydrogen-bond donors (Lipinski definition) is 1. The summed E-state index contributed by atoms with van der Waals surface area (Å²) in [7, 11) is 1.93. The molecule has 3 aliphatic rings. The van der Waals surface area contributed by atoms with Crippen LogP contribution in [0.4, 0.5) is 0 Å². The molecule has 1 N–H and O–H groups in total. The van der Waals surface area contributed by atoms with Crippen molar-refractivity contribution in [2.75, 3.05) is 33.5 Å². The van der Waals surface area contributed by atoms with E-state index in [1.165, 1.54) is 12.8 Å². The summed E-state index contributed by atoms with van der Waals surface area (Å²) < 4.78 is 10.9. The predicted molar refractivity (Wildman–Crippen MR) is 75.5 cm³/mol. The van der Waals surface area contributed by atoms with Gasteiger partial charge < -0.3 is 19.7 Å². The van der Waals surface area contributed by atoms with Crippen LogP contribution in [0.1, 0.15) is 32.1 Å². The minimum absolute atomic E-state index is 0.121. The van der Waals surface area contributed by atoms with E-state index in [0.29, 0.717) is 30.7 Å². The molecule has 3 atom stereocenters. The van der Waals surface area contributed by atoms with Gasteiger partial charge in [-0.05, 0) is 32.1 Å². The second kappa shape index (κ2) is 6.41. The van der Waals surface area contributed by atoms with E-state index in [0.717, 1.165) is 32.5 Å². The number of carbonyl (C=O) groups is 1. The molecule has 0 aromatic rings. The molecular formula is C15H26N2O3. The molecule has 3 aliphatic heterocycles. The SMILES string of the molecule is CN(C(=O)COCC1CCOC1)C1CC2CCC(C1)N2. The fourth-order valence-corrected chi connectivity index (χ4v) is 3.68. The summed E-state index contributed by atoms with van der Waals surface area (Å²) in [6.07, 6.45) is 5.77. The molecule has 5 heteroatoms. The number of rotatable bonds is 5. The first-order valence-corrected chi connectivity index (χ1v) is 7.89. The first-order chi connectivity index (χ1) is 9.72. The molecule has 0 spiro atoms. The Morgan fingerprint density at radius 2 is 2.05 bits per heavy atom. The van der Waals surface area contributed by atoms with Crippen molar-refractivity contribution in [2.24, 2.45) is 5.92 Å². The summed E-state index contributed by atoms with van der Waals surface area (Å²) in [5, 5.41) is 3.61. The maximum Gasteiger partial charge on any atom is 0.248 e. The molecule has 0 radical (unpaired) electrons. The summed E-state index contributed by atoms with van der Waals surface area (Å²) >= 11 is 0. The highest BCUT2D eigenvalue weighted by Gasteiger charge is 2.36. The lowest BCUT2D eigenvalue weighted by Crippen LogP contribution is -2.49. The van der Waals surface area contributed by atoms with Gasteiger partial charge in [-0.3, -0.25) is 4.79 Å². The standard InChI is InChI=1S/C15H26N2O3/c1-17(14-6-12-2-3-13(7-14)16-12)15(18)10-20-9-11-4-5-19-8-11/h11-14,16H,2-10H2,1H3. The van der Waals surface area contributed by atoms with Gasteiger partial charge in [0, 0.05) is 37.7 Å². The Hall–Kier alpha value is -0.650. The van der Waals surface area contributed by atoms with Gasteiger partial charge in [0.2, 0.25) is 5.91 Å². The fourth-order valence-electron chi connectivity index (χ4n) is 3.68. The zero-order valence-electron chi connectivity index (χ0n) is 12.3. The van der Waals surface area contributed by atoms with E-state index in [1.54, 1.807) is 0 Å². The molecule has 2 bridgehead atoms. The minimum atomic E-state index is 0.121. The Bertz CT molecular complexity index is 332. The van der Waals surface area contributed by atoms with E-state index in [-0.39, 0.29) is 12.5 Å². The maximum absolute atomic E-state index is 12.2. The van der Waals surface area contributed by atoms with Crippen molar-refractivity contribution < 1.29 is 14.3 Å². The van der Waals surface area contributed by atoms with Crippen molar-refractivity contribution in [1.29, 1.82) is 0 Å². The van der Waals surface area contributed by atoms with Crippen LogP contribution in [0, 0.1) is 5.92 Å². The second-order valence-electron chi connectivity index (χ2n) is 6.51. The number of hydrogen-bond acceptors (Lipinski definition) is 4. The van der Waals surface area contributed by atoms with Gasteiger partial charge >= 0.3 is 0 Å². The topological polar surface area (TPSA) is 50.8 Å². The molecule has 20 heavy (non-hydrogen) atoms. The van der Waals surface area contributed by atoms with Crippen LogP contribution in [0.15, 0.2) is 0 Å². The van der Waals surface area contributed by atoms with E-state index in [9.17, 15) is 4.79 Å². The fraction of sp³-hybridized carbons (Fsp3) is 0.933. The largest absolute Gasteiger partial charge is 0.381 e. The summed E-state index contributed by atoms with van der Waals surface area (Å²) in [6, 6.07) is 1.62. The highest BCUT2D eigenvalue weighted by Crippen LogP contribution is 2.29. The monoisotopic (exact) mass is 282 g/mol. The average molecular weight is 282 g/mol. The van der Waals surface area contributed by atoms with Crippen molar-refractivity contribution in [3.63, 3.8) is 0 Å². The van der Waals surface area contributed by atoms with Crippen LogP contribution >= 0.6 is 0 Å². The highest BCUT2D eigenvalue weighted by molar-refractivity contribution is 5.77. The van der Waals surface area contributed by atoms with Crippen LogP contribution in [0.2, 0.25) is 0 Å². The lowest BCUT2D eigenvalue weighted by Gasteiger charge is -2.35. The van der Waals surface area contributed by atoms with Crippen LogP contribution in [0.5, 0.6) is 0 Å². The molecule has 0 aliphatic carbocycles. The molecule has 1 amide bonds. The first kappa shape index (κ1) is 14.3. The normalized spacial score (nSPS) is 36.2. The maximum atomic E-state index is 12.2. The van der Waals surface area contributed by atoms with E-state index in [1.807, 2.05) is 11.9 Å². The van der Waals surface area contributed by atoms with Gasteiger partial charge in [0.25, 0.3) is 0 Å². The van der Waals surface area contributed by atoms with Crippen LogP contribution in [0.3, 0.4) is 0 Å². The molecule has 3 heterocycles. The molecule has 3 saturated heterocycles. The third-order valence-corrected chi connectivity index (χ3v) is 4.99. The molecule has 3 unspecified atom stereocenters. The Morgan fingerprint density at radius 3 is 2.70 bits per heavy atom. The van der Waals surface area contributed by atoms with Crippen molar-refractivity contribution in [3.8, 4) is 0 Å². The summed E-state index contributed by atoms with van der Waals surface area (Å²) in [6.45, 7) is 2.48. The molecule has 0 aromatic carbocycles. The quantitative estimate of drug-likeness (QED) is 0.809. The Morgan fingerprint density at radius 1 is 1.30 bits per heavy atom. The smallest absolute Gasteiger partial charge is 0.248 e. The lowest BCUT2D eigenvalue weighted by molar-refractivity contribution is -0.138.